The average molecular weight is 214 g/mol. The molecule has 0 unspecified atom stereocenters. The lowest BCUT2D eigenvalue weighted by molar-refractivity contribution is -0.0410. The Morgan fingerprint density at radius 3 is 2.33 bits per heavy atom. The summed E-state index contributed by atoms with van der Waals surface area (Å²) in [7, 11) is 0. The Balaban J connectivity index is 1.77. The summed E-state index contributed by atoms with van der Waals surface area (Å²) in [6.07, 6.45) is 0.753. The standard InChI is InChI=1S/C10H18N2O3/c1-10(15)2-4-11(5-3-10)8-6-12(7-8)9(13)14/h8,15H,2-7H2,1H3,(H,13,14). The maximum atomic E-state index is 10.6. The quantitative estimate of drug-likeness (QED) is 0.654. The van der Waals surface area contributed by atoms with Crippen LogP contribution in [0.4, 0.5) is 4.79 Å². The van der Waals surface area contributed by atoms with E-state index >= 15 is 0 Å². The van der Waals surface area contributed by atoms with Crippen LogP contribution in [0.25, 0.3) is 0 Å². The van der Waals surface area contributed by atoms with Gasteiger partial charge in [-0.25, -0.2) is 4.79 Å². The van der Waals surface area contributed by atoms with Gasteiger partial charge in [0.2, 0.25) is 0 Å². The topological polar surface area (TPSA) is 64.0 Å². The van der Waals surface area contributed by atoms with Crippen molar-refractivity contribution in [2.45, 2.75) is 31.4 Å². The van der Waals surface area contributed by atoms with Crippen LogP contribution in [0.3, 0.4) is 0 Å². The van der Waals surface area contributed by atoms with Gasteiger partial charge in [0.15, 0.2) is 0 Å². The van der Waals surface area contributed by atoms with Crippen molar-refractivity contribution in [2.24, 2.45) is 0 Å². The van der Waals surface area contributed by atoms with Crippen LogP contribution in [-0.2, 0) is 0 Å². The van der Waals surface area contributed by atoms with Gasteiger partial charge >= 0.3 is 6.09 Å². The summed E-state index contributed by atoms with van der Waals surface area (Å²) in [5, 5.41) is 18.5. The molecule has 2 rings (SSSR count). The summed E-state index contributed by atoms with van der Waals surface area (Å²) in [6.45, 7) is 4.87. The van der Waals surface area contributed by atoms with Gasteiger partial charge in [0, 0.05) is 32.2 Å². The van der Waals surface area contributed by atoms with E-state index in [2.05, 4.69) is 4.90 Å². The molecule has 2 aliphatic rings. The fourth-order valence-corrected chi connectivity index (χ4v) is 2.21. The Kier molecular flexibility index (Phi) is 2.60. The zero-order chi connectivity index (χ0) is 11.1. The molecule has 15 heavy (non-hydrogen) atoms. The fraction of sp³-hybridized carbons (Fsp3) is 0.900. The minimum Gasteiger partial charge on any atom is -0.465 e. The molecule has 2 N–H and O–H groups in total. The molecule has 1 amide bonds. The molecule has 2 aliphatic heterocycles. The highest BCUT2D eigenvalue weighted by atomic mass is 16.4. The van der Waals surface area contributed by atoms with Crippen LogP contribution in [0.2, 0.25) is 0 Å². The first kappa shape index (κ1) is 10.7. The van der Waals surface area contributed by atoms with E-state index in [1.54, 1.807) is 0 Å². The Labute approximate surface area is 89.3 Å². The molecule has 0 saturated carbocycles. The highest BCUT2D eigenvalue weighted by Gasteiger charge is 2.38. The van der Waals surface area contributed by atoms with Crippen LogP contribution >= 0.6 is 0 Å². The molecule has 0 aliphatic carbocycles. The van der Waals surface area contributed by atoms with Crippen LogP contribution < -0.4 is 0 Å². The van der Waals surface area contributed by atoms with E-state index in [-0.39, 0.29) is 0 Å². The van der Waals surface area contributed by atoms with E-state index in [0.29, 0.717) is 19.1 Å². The van der Waals surface area contributed by atoms with Gasteiger partial charge in [-0.2, -0.15) is 0 Å². The number of hydrogen-bond donors (Lipinski definition) is 2. The van der Waals surface area contributed by atoms with E-state index in [9.17, 15) is 9.90 Å². The van der Waals surface area contributed by atoms with Crippen molar-refractivity contribution in [3.8, 4) is 0 Å². The first-order valence-electron chi connectivity index (χ1n) is 5.42. The third-order valence-corrected chi connectivity index (χ3v) is 3.52. The number of hydrogen-bond acceptors (Lipinski definition) is 3. The Hall–Kier alpha value is -0.810. The summed E-state index contributed by atoms with van der Waals surface area (Å²) in [6, 6.07) is 0.372. The molecule has 5 nitrogen and oxygen atoms in total. The molecule has 5 heteroatoms. The van der Waals surface area contributed by atoms with Crippen molar-refractivity contribution in [1.29, 1.82) is 0 Å². The predicted molar refractivity (Wildman–Crippen MR) is 54.8 cm³/mol. The van der Waals surface area contributed by atoms with Gasteiger partial charge in [-0.05, 0) is 19.8 Å². The van der Waals surface area contributed by atoms with Crippen LogP contribution in [-0.4, -0.2) is 63.9 Å². The molecule has 2 saturated heterocycles. The molecule has 0 aromatic rings. The molecule has 0 radical (unpaired) electrons. The number of rotatable bonds is 1. The maximum Gasteiger partial charge on any atom is 0.407 e. The van der Waals surface area contributed by atoms with Gasteiger partial charge in [-0.3, -0.25) is 4.90 Å². The molecule has 0 spiro atoms. The third-order valence-electron chi connectivity index (χ3n) is 3.52. The average Bonchev–Trinajstić information content (AvgIpc) is 2.04. The number of carboxylic acid groups (broad SMARTS) is 1. The third kappa shape index (κ3) is 2.23. The SMILES string of the molecule is CC1(O)CCN(C2CN(C(=O)O)C2)CC1. The molecule has 0 aromatic heterocycles. The number of carbonyl (C=O) groups is 1. The number of nitrogens with zero attached hydrogens (tertiary/aromatic N) is 2. The van der Waals surface area contributed by atoms with Crippen molar-refractivity contribution < 1.29 is 15.0 Å². The smallest absolute Gasteiger partial charge is 0.407 e. The molecular formula is C10H18N2O3. The largest absolute Gasteiger partial charge is 0.465 e. The lowest BCUT2D eigenvalue weighted by Crippen LogP contribution is -2.62. The van der Waals surface area contributed by atoms with E-state index in [4.69, 9.17) is 5.11 Å². The highest BCUT2D eigenvalue weighted by molar-refractivity contribution is 5.66. The molecular weight excluding hydrogens is 196 g/mol. The van der Waals surface area contributed by atoms with E-state index in [1.807, 2.05) is 6.92 Å². The molecule has 2 heterocycles. The molecule has 0 bridgehead atoms. The van der Waals surface area contributed by atoms with Gasteiger partial charge < -0.3 is 15.1 Å². The van der Waals surface area contributed by atoms with Gasteiger partial charge in [0.1, 0.15) is 0 Å². The van der Waals surface area contributed by atoms with Crippen molar-refractivity contribution >= 4 is 6.09 Å². The molecule has 2 fully saturated rings. The summed E-state index contributed by atoms with van der Waals surface area (Å²) < 4.78 is 0. The van der Waals surface area contributed by atoms with E-state index < -0.39 is 11.7 Å². The molecule has 0 aromatic carbocycles. The van der Waals surface area contributed by atoms with Crippen molar-refractivity contribution in [3.05, 3.63) is 0 Å². The predicted octanol–water partition coefficient (Wildman–Crippen LogP) is 0.195. The minimum atomic E-state index is -0.824. The second-order valence-electron chi connectivity index (χ2n) is 4.87. The van der Waals surface area contributed by atoms with Crippen molar-refractivity contribution in [1.82, 2.24) is 9.80 Å². The maximum absolute atomic E-state index is 10.6. The number of piperidine rings is 1. The van der Waals surface area contributed by atoms with E-state index in [0.717, 1.165) is 25.9 Å². The lowest BCUT2D eigenvalue weighted by Gasteiger charge is -2.47. The number of likely N-dealkylation sites (tertiary alicyclic amines) is 2. The summed E-state index contributed by atoms with van der Waals surface area (Å²) in [5.41, 5.74) is -0.521. The van der Waals surface area contributed by atoms with Crippen LogP contribution in [0, 0.1) is 0 Å². The summed E-state index contributed by atoms with van der Waals surface area (Å²) in [5.74, 6) is 0. The first-order chi connectivity index (χ1) is 6.98. The van der Waals surface area contributed by atoms with Gasteiger partial charge in [0.25, 0.3) is 0 Å². The molecule has 0 atom stereocenters. The first-order valence-corrected chi connectivity index (χ1v) is 5.42. The fourth-order valence-electron chi connectivity index (χ4n) is 2.21. The Morgan fingerprint density at radius 2 is 1.87 bits per heavy atom. The normalized spacial score (nSPS) is 27.5. The van der Waals surface area contributed by atoms with Crippen molar-refractivity contribution in [2.75, 3.05) is 26.2 Å². The van der Waals surface area contributed by atoms with Crippen LogP contribution in [0.15, 0.2) is 0 Å². The summed E-state index contributed by atoms with van der Waals surface area (Å²) in [4.78, 5) is 14.3. The second-order valence-corrected chi connectivity index (χ2v) is 4.87. The summed E-state index contributed by atoms with van der Waals surface area (Å²) >= 11 is 0. The Morgan fingerprint density at radius 1 is 1.33 bits per heavy atom. The van der Waals surface area contributed by atoms with Gasteiger partial charge in [-0.15, -0.1) is 0 Å². The number of aliphatic hydroxyl groups is 1. The minimum absolute atomic E-state index is 0.372. The van der Waals surface area contributed by atoms with Gasteiger partial charge in [0.05, 0.1) is 5.60 Å². The van der Waals surface area contributed by atoms with Crippen molar-refractivity contribution in [3.63, 3.8) is 0 Å². The second kappa shape index (κ2) is 3.64. The number of amides is 1. The zero-order valence-corrected chi connectivity index (χ0v) is 9.02. The van der Waals surface area contributed by atoms with Crippen LogP contribution in [0.5, 0.6) is 0 Å². The van der Waals surface area contributed by atoms with Gasteiger partial charge in [-0.1, -0.05) is 0 Å². The monoisotopic (exact) mass is 214 g/mol. The van der Waals surface area contributed by atoms with E-state index in [1.165, 1.54) is 4.90 Å². The Bertz CT molecular complexity index is 251. The molecule has 86 valence electrons. The zero-order valence-electron chi connectivity index (χ0n) is 9.02. The lowest BCUT2D eigenvalue weighted by atomic mass is 9.92. The van der Waals surface area contributed by atoms with Crippen LogP contribution in [0.1, 0.15) is 19.8 Å². The highest BCUT2D eigenvalue weighted by Crippen LogP contribution is 2.25.